The van der Waals surface area contributed by atoms with Gasteiger partial charge in [-0.25, -0.2) is 14.4 Å². The standard InChI is InChI=1S/C18H16ClFN4OS/c1-25-18-22-9-12(10-23-18)24-26-17-8-3-2-7-16(17)21-11-13-14(19)5-4-6-15(13)20/h2-10,21,24H,11H2,1H3. The first-order valence-corrected chi connectivity index (χ1v) is 8.91. The van der Waals surface area contributed by atoms with E-state index in [1.54, 1.807) is 24.5 Å². The van der Waals surface area contributed by atoms with Crippen molar-refractivity contribution < 1.29 is 9.13 Å². The number of hydrogen-bond acceptors (Lipinski definition) is 6. The van der Waals surface area contributed by atoms with Crippen LogP contribution in [-0.2, 0) is 6.54 Å². The van der Waals surface area contributed by atoms with Crippen LogP contribution >= 0.6 is 23.5 Å². The molecule has 0 aliphatic carbocycles. The zero-order valence-corrected chi connectivity index (χ0v) is 15.4. The quantitative estimate of drug-likeness (QED) is 0.553. The lowest BCUT2D eigenvalue weighted by molar-refractivity contribution is 0.380. The van der Waals surface area contributed by atoms with Crippen LogP contribution in [0.1, 0.15) is 5.56 Å². The smallest absolute Gasteiger partial charge is 0.316 e. The van der Waals surface area contributed by atoms with Gasteiger partial charge in [0, 0.05) is 22.8 Å². The van der Waals surface area contributed by atoms with Crippen LogP contribution in [-0.4, -0.2) is 17.1 Å². The highest BCUT2D eigenvalue weighted by molar-refractivity contribution is 8.00. The third-order valence-corrected chi connectivity index (χ3v) is 4.76. The Kier molecular flexibility index (Phi) is 6.14. The minimum Gasteiger partial charge on any atom is -0.467 e. The highest BCUT2D eigenvalue weighted by Gasteiger charge is 2.09. The van der Waals surface area contributed by atoms with Gasteiger partial charge in [-0.05, 0) is 36.2 Å². The minimum absolute atomic E-state index is 0.286. The SMILES string of the molecule is COc1ncc(NSc2ccccc2NCc2c(F)cccc2Cl)cn1. The predicted molar refractivity (Wildman–Crippen MR) is 103 cm³/mol. The summed E-state index contributed by atoms with van der Waals surface area (Å²) in [5.41, 5.74) is 2.03. The molecule has 1 heterocycles. The lowest BCUT2D eigenvalue weighted by atomic mass is 10.2. The normalized spacial score (nSPS) is 10.4. The van der Waals surface area contributed by atoms with Crippen LogP contribution in [0.15, 0.2) is 59.8 Å². The number of halogens is 2. The molecule has 2 N–H and O–H groups in total. The number of aromatic nitrogens is 2. The van der Waals surface area contributed by atoms with Gasteiger partial charge in [0.25, 0.3) is 0 Å². The van der Waals surface area contributed by atoms with Crippen molar-refractivity contribution in [1.29, 1.82) is 0 Å². The van der Waals surface area contributed by atoms with Gasteiger partial charge in [-0.1, -0.05) is 29.8 Å². The molecular formula is C18H16ClFN4OS. The Balaban J connectivity index is 1.67. The zero-order chi connectivity index (χ0) is 18.4. The van der Waals surface area contributed by atoms with E-state index in [0.717, 1.165) is 16.3 Å². The summed E-state index contributed by atoms with van der Waals surface area (Å²) in [7, 11) is 1.51. The molecule has 8 heteroatoms. The number of methoxy groups -OCH3 is 1. The van der Waals surface area contributed by atoms with Crippen molar-refractivity contribution in [3.8, 4) is 6.01 Å². The average Bonchev–Trinajstić information content (AvgIpc) is 2.67. The van der Waals surface area contributed by atoms with Gasteiger partial charge in [0.1, 0.15) is 5.82 Å². The fourth-order valence-corrected chi connectivity index (χ4v) is 3.13. The number of para-hydroxylation sites is 1. The summed E-state index contributed by atoms with van der Waals surface area (Å²) in [6.07, 6.45) is 3.27. The van der Waals surface area contributed by atoms with Crippen molar-refractivity contribution in [2.75, 3.05) is 17.1 Å². The molecule has 3 aromatic rings. The van der Waals surface area contributed by atoms with E-state index < -0.39 is 0 Å². The van der Waals surface area contributed by atoms with Crippen molar-refractivity contribution in [2.45, 2.75) is 11.4 Å². The van der Waals surface area contributed by atoms with Crippen LogP contribution < -0.4 is 14.8 Å². The molecular weight excluding hydrogens is 375 g/mol. The summed E-state index contributed by atoms with van der Waals surface area (Å²) in [6.45, 7) is 0.286. The Morgan fingerprint density at radius 1 is 1.12 bits per heavy atom. The molecule has 0 saturated carbocycles. The van der Waals surface area contributed by atoms with Crippen LogP contribution in [0.4, 0.5) is 15.8 Å². The van der Waals surface area contributed by atoms with Gasteiger partial charge in [0.05, 0.1) is 30.1 Å². The molecule has 0 fully saturated rings. The highest BCUT2D eigenvalue weighted by Crippen LogP contribution is 2.29. The fraction of sp³-hybridized carbons (Fsp3) is 0.111. The number of rotatable bonds is 7. The Hall–Kier alpha value is -2.51. The van der Waals surface area contributed by atoms with E-state index in [9.17, 15) is 4.39 Å². The van der Waals surface area contributed by atoms with Crippen molar-refractivity contribution in [1.82, 2.24) is 9.97 Å². The summed E-state index contributed by atoms with van der Waals surface area (Å²) in [5.74, 6) is -0.330. The van der Waals surface area contributed by atoms with Crippen LogP contribution in [0.2, 0.25) is 5.02 Å². The lowest BCUT2D eigenvalue weighted by Gasteiger charge is -2.13. The molecule has 26 heavy (non-hydrogen) atoms. The van der Waals surface area contributed by atoms with Crippen LogP contribution in [0.5, 0.6) is 6.01 Å². The summed E-state index contributed by atoms with van der Waals surface area (Å²) in [6, 6.07) is 12.7. The predicted octanol–water partition coefficient (Wildman–Crippen LogP) is 5.01. The van der Waals surface area contributed by atoms with E-state index in [4.69, 9.17) is 16.3 Å². The van der Waals surface area contributed by atoms with Gasteiger partial charge in [-0.3, -0.25) is 0 Å². The van der Waals surface area contributed by atoms with E-state index in [2.05, 4.69) is 20.0 Å². The van der Waals surface area contributed by atoms with E-state index in [-0.39, 0.29) is 12.4 Å². The van der Waals surface area contributed by atoms with Gasteiger partial charge >= 0.3 is 6.01 Å². The molecule has 134 valence electrons. The van der Waals surface area contributed by atoms with E-state index >= 15 is 0 Å². The molecule has 0 radical (unpaired) electrons. The second-order valence-corrected chi connectivity index (χ2v) is 6.47. The molecule has 0 amide bonds. The van der Waals surface area contributed by atoms with Gasteiger partial charge < -0.3 is 14.8 Å². The van der Waals surface area contributed by atoms with Crippen molar-refractivity contribution in [3.05, 3.63) is 71.3 Å². The van der Waals surface area contributed by atoms with Gasteiger partial charge in [0.2, 0.25) is 0 Å². The number of hydrogen-bond donors (Lipinski definition) is 2. The molecule has 2 aromatic carbocycles. The Bertz CT molecular complexity index is 859. The second kappa shape index (κ2) is 8.73. The first kappa shape index (κ1) is 18.3. The molecule has 0 atom stereocenters. The number of ether oxygens (including phenoxy) is 1. The van der Waals surface area contributed by atoms with Gasteiger partial charge in [-0.15, -0.1) is 0 Å². The maximum atomic E-state index is 13.9. The van der Waals surface area contributed by atoms with Gasteiger partial charge in [-0.2, -0.15) is 0 Å². The molecule has 0 unspecified atom stereocenters. The summed E-state index contributed by atoms with van der Waals surface area (Å²) >= 11 is 7.48. The summed E-state index contributed by atoms with van der Waals surface area (Å²) in [4.78, 5) is 9.03. The zero-order valence-electron chi connectivity index (χ0n) is 13.9. The molecule has 5 nitrogen and oxygen atoms in total. The van der Waals surface area contributed by atoms with E-state index in [1.807, 2.05) is 24.3 Å². The van der Waals surface area contributed by atoms with Crippen LogP contribution in [0.25, 0.3) is 0 Å². The lowest BCUT2D eigenvalue weighted by Crippen LogP contribution is -2.04. The first-order chi connectivity index (χ1) is 12.7. The van der Waals surface area contributed by atoms with Crippen LogP contribution in [0, 0.1) is 5.82 Å². The monoisotopic (exact) mass is 390 g/mol. The Labute approximate surface area is 160 Å². The topological polar surface area (TPSA) is 59.1 Å². The average molecular weight is 391 g/mol. The molecule has 0 saturated heterocycles. The number of benzene rings is 2. The molecule has 3 rings (SSSR count). The molecule has 0 bridgehead atoms. The van der Waals surface area contributed by atoms with Crippen molar-refractivity contribution >= 4 is 34.9 Å². The largest absolute Gasteiger partial charge is 0.467 e. The maximum absolute atomic E-state index is 13.9. The Morgan fingerprint density at radius 3 is 2.62 bits per heavy atom. The third kappa shape index (κ3) is 4.56. The molecule has 1 aromatic heterocycles. The summed E-state index contributed by atoms with van der Waals surface area (Å²) < 4.78 is 22.0. The maximum Gasteiger partial charge on any atom is 0.316 e. The minimum atomic E-state index is -0.330. The van der Waals surface area contributed by atoms with Gasteiger partial charge in [0.15, 0.2) is 0 Å². The van der Waals surface area contributed by atoms with E-state index in [0.29, 0.717) is 16.6 Å². The van der Waals surface area contributed by atoms with E-state index in [1.165, 1.54) is 25.1 Å². The van der Waals surface area contributed by atoms with Crippen molar-refractivity contribution in [2.24, 2.45) is 0 Å². The number of nitrogens with zero attached hydrogens (tertiary/aromatic N) is 2. The molecule has 0 aliphatic heterocycles. The molecule has 0 aliphatic rings. The second-order valence-electron chi connectivity index (χ2n) is 5.21. The third-order valence-electron chi connectivity index (χ3n) is 3.49. The first-order valence-electron chi connectivity index (χ1n) is 7.72. The fourth-order valence-electron chi connectivity index (χ4n) is 2.17. The number of nitrogens with one attached hydrogen (secondary N) is 2. The van der Waals surface area contributed by atoms with Crippen LogP contribution in [0.3, 0.4) is 0 Å². The highest BCUT2D eigenvalue weighted by atomic mass is 35.5. The Morgan fingerprint density at radius 2 is 1.88 bits per heavy atom. The number of anilines is 2. The molecule has 0 spiro atoms. The van der Waals surface area contributed by atoms with Crippen molar-refractivity contribution in [3.63, 3.8) is 0 Å². The summed E-state index contributed by atoms with van der Waals surface area (Å²) in [5, 5.41) is 3.63.